The summed E-state index contributed by atoms with van der Waals surface area (Å²) in [6.45, 7) is 11.8. The monoisotopic (exact) mass is 464 g/mol. The van der Waals surface area contributed by atoms with Crippen LogP contribution in [0.15, 0.2) is 43.0 Å². The van der Waals surface area contributed by atoms with Gasteiger partial charge in [-0.3, -0.25) is 19.7 Å². The lowest BCUT2D eigenvalue weighted by Crippen LogP contribution is -2.39. The Labute approximate surface area is 202 Å². The third kappa shape index (κ3) is 7.58. The Morgan fingerprint density at radius 3 is 2.47 bits per heavy atom. The van der Waals surface area contributed by atoms with Crippen LogP contribution in [0.2, 0.25) is 0 Å². The number of aryl methyl sites for hydroxylation is 2. The lowest BCUT2D eigenvalue weighted by atomic mass is 9.98. The standard InChI is InChI=1S/C22H27NO2.C6H9NO2/c1-6-7-8-18-14-19(10-12-21(18)17(4)24)23-16(3)20-11-9-15(2)13-22(20)25-5;1-4-2-3-5(8)7-6(4)9/h9-14,23H,3,6-8H2,1-2,4-5H3;4H,2-3H2,1H3,(H,7,8,9). The molecule has 2 N–H and O–H groups in total. The maximum absolute atomic E-state index is 11.8. The molecule has 6 nitrogen and oxygen atoms in total. The minimum Gasteiger partial charge on any atom is -0.496 e. The molecule has 0 saturated carbocycles. The summed E-state index contributed by atoms with van der Waals surface area (Å²) in [7, 11) is 1.66. The number of ketones is 1. The fraction of sp³-hybridized carbons (Fsp3) is 0.393. The average Bonchev–Trinajstić information content (AvgIpc) is 2.80. The zero-order valence-corrected chi connectivity index (χ0v) is 20.9. The third-order valence-corrected chi connectivity index (χ3v) is 5.78. The number of ether oxygens (including phenoxy) is 1. The first-order chi connectivity index (χ1) is 16.2. The van der Waals surface area contributed by atoms with Crippen molar-refractivity contribution in [3.05, 3.63) is 65.2 Å². The van der Waals surface area contributed by atoms with E-state index in [1.165, 1.54) is 0 Å². The first-order valence-electron chi connectivity index (χ1n) is 11.7. The van der Waals surface area contributed by atoms with E-state index in [-0.39, 0.29) is 23.5 Å². The molecule has 2 aromatic carbocycles. The van der Waals surface area contributed by atoms with Crippen molar-refractivity contribution in [2.45, 2.75) is 59.8 Å². The van der Waals surface area contributed by atoms with Gasteiger partial charge in [-0.25, -0.2) is 0 Å². The third-order valence-electron chi connectivity index (χ3n) is 5.78. The molecule has 0 aromatic heterocycles. The van der Waals surface area contributed by atoms with Crippen LogP contribution in [0, 0.1) is 12.8 Å². The summed E-state index contributed by atoms with van der Waals surface area (Å²) in [5.41, 5.74) is 5.66. The minimum atomic E-state index is -0.141. The highest BCUT2D eigenvalue weighted by Gasteiger charge is 2.21. The van der Waals surface area contributed by atoms with Gasteiger partial charge in [-0.1, -0.05) is 32.9 Å². The van der Waals surface area contributed by atoms with E-state index in [1.807, 2.05) is 44.2 Å². The van der Waals surface area contributed by atoms with Crippen LogP contribution in [-0.4, -0.2) is 24.7 Å². The molecule has 6 heteroatoms. The maximum atomic E-state index is 11.8. The van der Waals surface area contributed by atoms with Gasteiger partial charge in [0.25, 0.3) is 0 Å². The van der Waals surface area contributed by atoms with Crippen LogP contribution >= 0.6 is 0 Å². The largest absolute Gasteiger partial charge is 0.496 e. The fourth-order valence-corrected chi connectivity index (χ4v) is 3.68. The molecule has 2 aromatic rings. The second kappa shape index (κ2) is 12.7. The van der Waals surface area contributed by atoms with Gasteiger partial charge in [0.2, 0.25) is 11.8 Å². The lowest BCUT2D eigenvalue weighted by molar-refractivity contribution is -0.135. The number of amides is 2. The molecule has 3 rings (SSSR count). The number of Topliss-reactive ketones (excluding diaryl/α,β-unsaturated/α-hetero) is 1. The fourth-order valence-electron chi connectivity index (χ4n) is 3.68. The highest BCUT2D eigenvalue weighted by atomic mass is 16.5. The topological polar surface area (TPSA) is 84.5 Å². The molecule has 1 unspecified atom stereocenters. The first kappa shape index (κ1) is 26.8. The smallest absolute Gasteiger partial charge is 0.229 e. The van der Waals surface area contributed by atoms with E-state index in [0.717, 1.165) is 58.7 Å². The van der Waals surface area contributed by atoms with Crippen molar-refractivity contribution in [2.75, 3.05) is 12.4 Å². The van der Waals surface area contributed by atoms with Gasteiger partial charge >= 0.3 is 0 Å². The van der Waals surface area contributed by atoms with E-state index in [9.17, 15) is 14.4 Å². The Hall–Kier alpha value is -3.41. The minimum absolute atomic E-state index is 0.0164. The summed E-state index contributed by atoms with van der Waals surface area (Å²) >= 11 is 0. The van der Waals surface area contributed by atoms with Crippen LogP contribution in [-0.2, 0) is 16.0 Å². The summed E-state index contributed by atoms with van der Waals surface area (Å²) in [5, 5.41) is 5.60. The number of unbranched alkanes of at least 4 members (excludes halogenated alkanes) is 1. The number of rotatable bonds is 8. The van der Waals surface area contributed by atoms with Gasteiger partial charge in [0.15, 0.2) is 5.78 Å². The normalized spacial score (nSPS) is 15.0. The molecule has 182 valence electrons. The molecule has 1 atom stereocenters. The molecule has 1 heterocycles. The van der Waals surface area contributed by atoms with Crippen molar-refractivity contribution in [2.24, 2.45) is 5.92 Å². The predicted molar refractivity (Wildman–Crippen MR) is 137 cm³/mol. The Bertz CT molecular complexity index is 1060. The van der Waals surface area contributed by atoms with E-state index >= 15 is 0 Å². The number of hydrogen-bond donors (Lipinski definition) is 2. The summed E-state index contributed by atoms with van der Waals surface area (Å²) in [5.74, 6) is 0.646. The Morgan fingerprint density at radius 1 is 1.18 bits per heavy atom. The molecule has 0 bridgehead atoms. The van der Waals surface area contributed by atoms with Crippen molar-refractivity contribution in [1.29, 1.82) is 0 Å². The molecular weight excluding hydrogens is 428 g/mol. The van der Waals surface area contributed by atoms with Crippen molar-refractivity contribution in [1.82, 2.24) is 5.32 Å². The molecule has 1 fully saturated rings. The number of methoxy groups -OCH3 is 1. The van der Waals surface area contributed by atoms with Gasteiger partial charge in [-0.15, -0.1) is 0 Å². The molecular formula is C28H36N2O4. The molecule has 1 saturated heterocycles. The molecule has 0 spiro atoms. The Kier molecular flexibility index (Phi) is 10.0. The summed E-state index contributed by atoms with van der Waals surface area (Å²) in [6.07, 6.45) is 4.26. The number of carbonyl (C=O) groups is 3. The number of benzene rings is 2. The van der Waals surface area contributed by atoms with Gasteiger partial charge in [0, 0.05) is 34.9 Å². The van der Waals surface area contributed by atoms with Crippen molar-refractivity contribution < 1.29 is 19.1 Å². The molecule has 34 heavy (non-hydrogen) atoms. The Morgan fingerprint density at radius 2 is 1.88 bits per heavy atom. The lowest BCUT2D eigenvalue weighted by Gasteiger charge is -2.16. The molecule has 1 aliphatic rings. The van der Waals surface area contributed by atoms with Crippen LogP contribution in [0.1, 0.15) is 73.5 Å². The Balaban J connectivity index is 0.000000379. The van der Waals surface area contributed by atoms with Crippen LogP contribution in [0.4, 0.5) is 5.69 Å². The van der Waals surface area contributed by atoms with Gasteiger partial charge in [-0.2, -0.15) is 0 Å². The zero-order chi connectivity index (χ0) is 25.3. The maximum Gasteiger partial charge on any atom is 0.229 e. The molecule has 2 amide bonds. The molecule has 1 aliphatic heterocycles. The van der Waals surface area contributed by atoms with Crippen LogP contribution in [0.3, 0.4) is 0 Å². The van der Waals surface area contributed by atoms with Crippen molar-refractivity contribution in [3.8, 4) is 5.75 Å². The highest BCUT2D eigenvalue weighted by molar-refractivity contribution is 5.98. The number of anilines is 1. The zero-order valence-electron chi connectivity index (χ0n) is 20.9. The molecule has 0 radical (unpaired) electrons. The predicted octanol–water partition coefficient (Wildman–Crippen LogP) is 5.69. The van der Waals surface area contributed by atoms with E-state index in [1.54, 1.807) is 14.0 Å². The number of imide groups is 1. The van der Waals surface area contributed by atoms with E-state index in [0.29, 0.717) is 12.8 Å². The van der Waals surface area contributed by atoms with Crippen molar-refractivity contribution >= 4 is 29.0 Å². The number of nitrogens with one attached hydrogen (secondary N) is 2. The first-order valence-corrected chi connectivity index (χ1v) is 11.7. The second-order valence-corrected chi connectivity index (χ2v) is 8.69. The van der Waals surface area contributed by atoms with E-state index < -0.39 is 0 Å². The highest BCUT2D eigenvalue weighted by Crippen LogP contribution is 2.28. The van der Waals surface area contributed by atoms with Crippen LogP contribution in [0.5, 0.6) is 5.75 Å². The average molecular weight is 465 g/mol. The summed E-state index contributed by atoms with van der Waals surface area (Å²) in [4.78, 5) is 33.0. The van der Waals surface area contributed by atoms with E-state index in [4.69, 9.17) is 4.74 Å². The van der Waals surface area contributed by atoms with Crippen LogP contribution in [0.25, 0.3) is 5.70 Å². The van der Waals surface area contributed by atoms with Gasteiger partial charge in [0.05, 0.1) is 7.11 Å². The van der Waals surface area contributed by atoms with Crippen LogP contribution < -0.4 is 15.4 Å². The number of hydrogen-bond acceptors (Lipinski definition) is 5. The van der Waals surface area contributed by atoms with Gasteiger partial charge < -0.3 is 10.1 Å². The quantitative estimate of drug-likeness (QED) is 0.387. The van der Waals surface area contributed by atoms with E-state index in [2.05, 4.69) is 30.2 Å². The van der Waals surface area contributed by atoms with Gasteiger partial charge in [0.1, 0.15) is 5.75 Å². The summed E-state index contributed by atoms with van der Waals surface area (Å²) < 4.78 is 5.47. The number of piperidine rings is 1. The SMILES string of the molecule is C=C(Nc1ccc(C(C)=O)c(CCCC)c1)c1ccc(C)cc1OC.CC1CCC(=O)NC1=O. The second-order valence-electron chi connectivity index (χ2n) is 8.69. The molecule has 0 aliphatic carbocycles. The van der Waals surface area contributed by atoms with Crippen molar-refractivity contribution in [3.63, 3.8) is 0 Å². The van der Waals surface area contributed by atoms with Gasteiger partial charge in [-0.05, 0) is 74.6 Å². The summed E-state index contributed by atoms with van der Waals surface area (Å²) in [6, 6.07) is 11.9. The number of carbonyl (C=O) groups excluding carboxylic acids is 3.